The number of imidazole rings is 1. The van der Waals surface area contributed by atoms with Crippen LogP contribution in [0.5, 0.6) is 0 Å². The Morgan fingerprint density at radius 3 is 2.87 bits per heavy atom. The second-order valence-corrected chi connectivity index (χ2v) is 3.84. The Bertz CT molecular complexity index is 367. The second-order valence-electron chi connectivity index (χ2n) is 3.84. The van der Waals surface area contributed by atoms with Gasteiger partial charge in [0.05, 0.1) is 13.3 Å². The topological polar surface area (TPSA) is 70.1 Å². The van der Waals surface area contributed by atoms with Crippen molar-refractivity contribution in [3.63, 3.8) is 0 Å². The van der Waals surface area contributed by atoms with Gasteiger partial charge in [0.25, 0.3) is 0 Å². The Morgan fingerprint density at radius 2 is 2.27 bits per heavy atom. The van der Waals surface area contributed by atoms with Crippen molar-refractivity contribution in [3.8, 4) is 0 Å². The maximum absolute atomic E-state index is 11.3. The van der Waals surface area contributed by atoms with Crippen molar-refractivity contribution in [3.05, 3.63) is 17.7 Å². The fourth-order valence-electron chi connectivity index (χ4n) is 2.12. The van der Waals surface area contributed by atoms with Gasteiger partial charge in [-0.25, -0.2) is 14.5 Å². The molecule has 1 heterocycles. The van der Waals surface area contributed by atoms with Crippen molar-refractivity contribution >= 4 is 5.97 Å². The zero-order valence-corrected chi connectivity index (χ0v) is 8.77. The van der Waals surface area contributed by atoms with Crippen molar-refractivity contribution in [1.82, 2.24) is 9.66 Å². The van der Waals surface area contributed by atoms with Gasteiger partial charge in [0.1, 0.15) is 5.82 Å². The lowest BCUT2D eigenvalue weighted by Gasteiger charge is -2.09. The molecule has 2 rings (SSSR count). The molecule has 0 atom stereocenters. The minimum Gasteiger partial charge on any atom is -0.464 e. The molecule has 1 aromatic rings. The molecule has 0 aromatic carbocycles. The number of carbonyl (C=O) groups is 1. The molecule has 15 heavy (non-hydrogen) atoms. The lowest BCUT2D eigenvalue weighted by Crippen LogP contribution is -2.21. The van der Waals surface area contributed by atoms with Crippen LogP contribution in [0.1, 0.15) is 47.9 Å². The molecule has 82 valence electrons. The Labute approximate surface area is 88.2 Å². The van der Waals surface area contributed by atoms with Crippen molar-refractivity contribution in [2.75, 3.05) is 13.0 Å². The third-order valence-electron chi connectivity index (χ3n) is 2.94. The minimum absolute atomic E-state index is 0.319. The summed E-state index contributed by atoms with van der Waals surface area (Å²) in [5.41, 5.74) is 0.319. The Kier molecular flexibility index (Phi) is 2.62. The van der Waals surface area contributed by atoms with Crippen LogP contribution in [0.25, 0.3) is 0 Å². The molecule has 0 spiro atoms. The minimum atomic E-state index is -0.436. The maximum atomic E-state index is 11.3. The number of methoxy groups -OCH3 is 1. The molecular formula is C10H15N3O2. The van der Waals surface area contributed by atoms with E-state index < -0.39 is 5.97 Å². The third-order valence-corrected chi connectivity index (χ3v) is 2.94. The number of ether oxygens (including phenoxy) is 1. The molecule has 0 bridgehead atoms. The Morgan fingerprint density at radius 1 is 1.60 bits per heavy atom. The van der Waals surface area contributed by atoms with Crippen LogP contribution in [-0.4, -0.2) is 22.7 Å². The van der Waals surface area contributed by atoms with Crippen LogP contribution in [0, 0.1) is 0 Å². The first-order valence-electron chi connectivity index (χ1n) is 5.15. The summed E-state index contributed by atoms with van der Waals surface area (Å²) in [7, 11) is 1.34. The number of hydrogen-bond acceptors (Lipinski definition) is 4. The van der Waals surface area contributed by atoms with Crippen LogP contribution in [0.3, 0.4) is 0 Å². The second kappa shape index (κ2) is 3.92. The molecule has 5 heteroatoms. The van der Waals surface area contributed by atoms with Gasteiger partial charge in [-0.15, -0.1) is 0 Å². The maximum Gasteiger partial charge on any atom is 0.358 e. The summed E-state index contributed by atoms with van der Waals surface area (Å²) in [5, 5.41) is 0. The van der Waals surface area contributed by atoms with Crippen LogP contribution in [0.2, 0.25) is 0 Å². The monoisotopic (exact) mass is 209 g/mol. The molecule has 1 aliphatic rings. The standard InChI is InChI=1S/C10H15N3O2/c1-15-10(14)8-6-12-9(13(8)11)7-4-2-3-5-7/h6-7H,2-5,11H2,1H3. The van der Waals surface area contributed by atoms with E-state index in [4.69, 9.17) is 5.84 Å². The molecule has 1 aromatic heterocycles. The fraction of sp³-hybridized carbons (Fsp3) is 0.600. The summed E-state index contributed by atoms with van der Waals surface area (Å²) in [6, 6.07) is 0. The first kappa shape index (κ1) is 10.0. The molecule has 2 N–H and O–H groups in total. The van der Waals surface area contributed by atoms with Crippen LogP contribution in [-0.2, 0) is 4.74 Å². The molecule has 0 radical (unpaired) electrons. The number of hydrogen-bond donors (Lipinski definition) is 1. The lowest BCUT2D eigenvalue weighted by atomic mass is 10.1. The summed E-state index contributed by atoms with van der Waals surface area (Å²) >= 11 is 0. The summed E-state index contributed by atoms with van der Waals surface area (Å²) in [4.78, 5) is 15.5. The van der Waals surface area contributed by atoms with Crippen molar-refractivity contribution < 1.29 is 9.53 Å². The van der Waals surface area contributed by atoms with Crippen LogP contribution >= 0.6 is 0 Å². The van der Waals surface area contributed by atoms with Crippen molar-refractivity contribution in [1.29, 1.82) is 0 Å². The third kappa shape index (κ3) is 1.69. The molecule has 1 fully saturated rings. The van der Waals surface area contributed by atoms with E-state index in [0.717, 1.165) is 18.7 Å². The normalized spacial score (nSPS) is 16.9. The lowest BCUT2D eigenvalue weighted by molar-refractivity contribution is 0.0590. The number of aromatic nitrogens is 2. The first-order chi connectivity index (χ1) is 7.24. The largest absolute Gasteiger partial charge is 0.464 e. The van der Waals surface area contributed by atoms with E-state index in [0.29, 0.717) is 11.6 Å². The highest BCUT2D eigenvalue weighted by Crippen LogP contribution is 2.32. The number of nitrogens with zero attached hydrogens (tertiary/aromatic N) is 2. The van der Waals surface area contributed by atoms with E-state index in [1.807, 2.05) is 0 Å². The molecule has 0 unspecified atom stereocenters. The molecule has 0 aliphatic heterocycles. The van der Waals surface area contributed by atoms with Gasteiger partial charge in [-0.3, -0.25) is 0 Å². The van der Waals surface area contributed by atoms with Crippen molar-refractivity contribution in [2.24, 2.45) is 0 Å². The van der Waals surface area contributed by atoms with Gasteiger partial charge < -0.3 is 10.6 Å². The SMILES string of the molecule is COC(=O)c1cnc(C2CCCC2)n1N. The highest BCUT2D eigenvalue weighted by Gasteiger charge is 2.24. The molecule has 1 aliphatic carbocycles. The number of nitrogens with two attached hydrogens (primary N) is 1. The molecule has 5 nitrogen and oxygen atoms in total. The number of rotatable bonds is 2. The van der Waals surface area contributed by atoms with Crippen LogP contribution < -0.4 is 5.84 Å². The average Bonchev–Trinajstić information content (AvgIpc) is 2.85. The van der Waals surface area contributed by atoms with E-state index in [1.54, 1.807) is 0 Å². The van der Waals surface area contributed by atoms with Gasteiger partial charge in [0, 0.05) is 5.92 Å². The van der Waals surface area contributed by atoms with Crippen molar-refractivity contribution in [2.45, 2.75) is 31.6 Å². The van der Waals surface area contributed by atoms with Gasteiger partial charge in [0.2, 0.25) is 0 Å². The van der Waals surface area contributed by atoms with Gasteiger partial charge in [-0.1, -0.05) is 12.8 Å². The van der Waals surface area contributed by atoms with Gasteiger partial charge in [-0.2, -0.15) is 0 Å². The quantitative estimate of drug-likeness (QED) is 0.583. The first-order valence-corrected chi connectivity index (χ1v) is 5.15. The predicted octanol–water partition coefficient (Wildman–Crippen LogP) is 1.04. The molecule has 0 saturated heterocycles. The number of nitrogen functional groups attached to an aromatic ring is 1. The average molecular weight is 209 g/mol. The zero-order chi connectivity index (χ0) is 10.8. The van der Waals surface area contributed by atoms with Gasteiger partial charge in [-0.05, 0) is 12.8 Å². The van der Waals surface area contributed by atoms with E-state index >= 15 is 0 Å². The summed E-state index contributed by atoms with van der Waals surface area (Å²) < 4.78 is 5.98. The van der Waals surface area contributed by atoms with Crippen LogP contribution in [0.4, 0.5) is 0 Å². The number of esters is 1. The van der Waals surface area contributed by atoms with E-state index in [1.165, 1.54) is 30.8 Å². The fourth-order valence-corrected chi connectivity index (χ4v) is 2.12. The molecule has 0 amide bonds. The van der Waals surface area contributed by atoms with Crippen LogP contribution in [0.15, 0.2) is 6.20 Å². The Hall–Kier alpha value is -1.52. The predicted molar refractivity (Wildman–Crippen MR) is 54.9 cm³/mol. The van der Waals surface area contributed by atoms with Gasteiger partial charge in [0.15, 0.2) is 5.69 Å². The summed E-state index contributed by atoms with van der Waals surface area (Å²) in [5.74, 6) is 6.57. The zero-order valence-electron chi connectivity index (χ0n) is 8.77. The summed E-state index contributed by atoms with van der Waals surface area (Å²) in [6.07, 6.45) is 6.12. The number of carbonyl (C=O) groups excluding carboxylic acids is 1. The van der Waals surface area contributed by atoms with E-state index in [2.05, 4.69) is 9.72 Å². The molecular weight excluding hydrogens is 194 g/mol. The highest BCUT2D eigenvalue weighted by atomic mass is 16.5. The summed E-state index contributed by atoms with van der Waals surface area (Å²) in [6.45, 7) is 0. The Balaban J connectivity index is 2.26. The molecule has 1 saturated carbocycles. The van der Waals surface area contributed by atoms with Gasteiger partial charge >= 0.3 is 5.97 Å². The highest BCUT2D eigenvalue weighted by molar-refractivity contribution is 5.87. The van der Waals surface area contributed by atoms with E-state index in [-0.39, 0.29) is 0 Å². The smallest absolute Gasteiger partial charge is 0.358 e. The van der Waals surface area contributed by atoms with E-state index in [9.17, 15) is 4.79 Å².